The molecule has 6 heteroatoms. The lowest BCUT2D eigenvalue weighted by Crippen LogP contribution is -2.42. The van der Waals surface area contributed by atoms with Gasteiger partial charge in [0.1, 0.15) is 6.04 Å². The van der Waals surface area contributed by atoms with Crippen molar-refractivity contribution in [2.45, 2.75) is 26.3 Å². The molecule has 1 aromatic carbocycles. The fourth-order valence-corrected chi connectivity index (χ4v) is 2.15. The van der Waals surface area contributed by atoms with Crippen molar-refractivity contribution in [3.63, 3.8) is 0 Å². The molecule has 0 bridgehead atoms. The molecule has 0 radical (unpaired) electrons. The highest BCUT2D eigenvalue weighted by molar-refractivity contribution is 5.99. The van der Waals surface area contributed by atoms with Crippen molar-refractivity contribution in [1.82, 2.24) is 15.5 Å². The van der Waals surface area contributed by atoms with E-state index < -0.39 is 12.0 Å². The third-order valence-electron chi connectivity index (χ3n) is 3.20. The van der Waals surface area contributed by atoms with Gasteiger partial charge in [-0.05, 0) is 24.5 Å². The van der Waals surface area contributed by atoms with Crippen LogP contribution in [0.25, 0.3) is 10.9 Å². The van der Waals surface area contributed by atoms with Crippen molar-refractivity contribution >= 4 is 22.8 Å². The Bertz CT molecular complexity index is 648. The average molecular weight is 289 g/mol. The molecule has 1 aromatic heterocycles. The lowest BCUT2D eigenvalue weighted by atomic mass is 10.0. The Kier molecular flexibility index (Phi) is 4.57. The number of nitrogens with one attached hydrogen (secondary N) is 2. The lowest BCUT2D eigenvalue weighted by Gasteiger charge is -2.18. The van der Waals surface area contributed by atoms with Gasteiger partial charge in [-0.2, -0.15) is 5.10 Å². The second kappa shape index (κ2) is 6.39. The molecule has 1 atom stereocenters. The second-order valence-electron chi connectivity index (χ2n) is 5.35. The largest absolute Gasteiger partial charge is 0.467 e. The van der Waals surface area contributed by atoms with Gasteiger partial charge in [-0.3, -0.25) is 9.89 Å². The van der Waals surface area contributed by atoms with Gasteiger partial charge in [0.15, 0.2) is 0 Å². The first kappa shape index (κ1) is 15.0. The van der Waals surface area contributed by atoms with Gasteiger partial charge in [-0.25, -0.2) is 4.79 Å². The van der Waals surface area contributed by atoms with Gasteiger partial charge >= 0.3 is 5.97 Å². The van der Waals surface area contributed by atoms with E-state index >= 15 is 0 Å². The summed E-state index contributed by atoms with van der Waals surface area (Å²) in [4.78, 5) is 24.0. The first-order chi connectivity index (χ1) is 10.0. The van der Waals surface area contributed by atoms with E-state index in [1.54, 1.807) is 18.3 Å². The van der Waals surface area contributed by atoms with E-state index in [1.165, 1.54) is 7.11 Å². The van der Waals surface area contributed by atoms with Crippen molar-refractivity contribution in [1.29, 1.82) is 0 Å². The maximum atomic E-state index is 12.3. The maximum Gasteiger partial charge on any atom is 0.328 e. The molecule has 6 nitrogen and oxygen atoms in total. The van der Waals surface area contributed by atoms with Crippen molar-refractivity contribution < 1.29 is 14.3 Å². The van der Waals surface area contributed by atoms with E-state index in [9.17, 15) is 9.59 Å². The van der Waals surface area contributed by atoms with Crippen LogP contribution in [0.15, 0.2) is 24.4 Å². The number of hydrogen-bond acceptors (Lipinski definition) is 4. The molecule has 0 aliphatic rings. The van der Waals surface area contributed by atoms with Crippen molar-refractivity contribution in [2.75, 3.05) is 7.11 Å². The standard InChI is InChI=1S/C15H19N3O3/c1-9(2)6-13(15(20)21-3)17-14(19)10-4-5-11-8-16-18-12(11)7-10/h4-5,7-9,13H,6H2,1-3H3,(H,16,18)(H,17,19)/t13-/m0/s1. The third-order valence-corrected chi connectivity index (χ3v) is 3.20. The van der Waals surface area contributed by atoms with Crippen LogP contribution >= 0.6 is 0 Å². The van der Waals surface area contributed by atoms with Crippen LogP contribution in [0.5, 0.6) is 0 Å². The summed E-state index contributed by atoms with van der Waals surface area (Å²) in [5.41, 5.74) is 1.26. The van der Waals surface area contributed by atoms with Crippen LogP contribution in [0.3, 0.4) is 0 Å². The topological polar surface area (TPSA) is 84.1 Å². The number of hydrogen-bond donors (Lipinski definition) is 2. The van der Waals surface area contributed by atoms with E-state index in [4.69, 9.17) is 4.74 Å². The van der Waals surface area contributed by atoms with Crippen molar-refractivity contribution in [3.05, 3.63) is 30.0 Å². The lowest BCUT2D eigenvalue weighted by molar-refractivity contribution is -0.143. The monoisotopic (exact) mass is 289 g/mol. The summed E-state index contributed by atoms with van der Waals surface area (Å²) in [6.07, 6.45) is 2.22. The Labute approximate surface area is 122 Å². The molecule has 1 heterocycles. The number of benzene rings is 1. The molecule has 0 saturated heterocycles. The summed E-state index contributed by atoms with van der Waals surface area (Å²) in [5.74, 6) is -0.466. The summed E-state index contributed by atoms with van der Waals surface area (Å²) in [6.45, 7) is 3.97. The Morgan fingerprint density at radius 3 is 2.81 bits per heavy atom. The number of carbonyl (C=O) groups is 2. The molecule has 2 rings (SSSR count). The predicted octanol–water partition coefficient (Wildman–Crippen LogP) is 1.88. The van der Waals surface area contributed by atoms with Gasteiger partial charge in [-0.15, -0.1) is 0 Å². The quantitative estimate of drug-likeness (QED) is 0.823. The van der Waals surface area contributed by atoms with Gasteiger partial charge in [0.2, 0.25) is 0 Å². The highest BCUT2D eigenvalue weighted by atomic mass is 16.5. The van der Waals surface area contributed by atoms with Gasteiger partial charge in [0.05, 0.1) is 18.8 Å². The molecule has 21 heavy (non-hydrogen) atoms. The van der Waals surface area contributed by atoms with Gasteiger partial charge in [0, 0.05) is 10.9 Å². The average Bonchev–Trinajstić information content (AvgIpc) is 2.92. The number of carbonyl (C=O) groups excluding carboxylic acids is 2. The highest BCUT2D eigenvalue weighted by Gasteiger charge is 2.23. The van der Waals surface area contributed by atoms with E-state index in [0.717, 1.165) is 10.9 Å². The Morgan fingerprint density at radius 1 is 1.38 bits per heavy atom. The molecule has 0 fully saturated rings. The maximum absolute atomic E-state index is 12.3. The predicted molar refractivity (Wildman–Crippen MR) is 78.8 cm³/mol. The molecular formula is C15H19N3O3. The first-order valence-electron chi connectivity index (χ1n) is 6.83. The molecule has 0 aliphatic heterocycles. The number of nitrogens with zero attached hydrogens (tertiary/aromatic N) is 1. The summed E-state index contributed by atoms with van der Waals surface area (Å²) in [5, 5.41) is 10.4. The van der Waals surface area contributed by atoms with Crippen molar-refractivity contribution in [2.24, 2.45) is 5.92 Å². The highest BCUT2D eigenvalue weighted by Crippen LogP contribution is 2.13. The number of methoxy groups -OCH3 is 1. The van der Waals surface area contributed by atoms with Crippen LogP contribution < -0.4 is 5.32 Å². The minimum atomic E-state index is -0.639. The fourth-order valence-electron chi connectivity index (χ4n) is 2.15. The molecule has 2 aromatic rings. The number of esters is 1. The zero-order valence-corrected chi connectivity index (χ0v) is 12.3. The SMILES string of the molecule is COC(=O)[C@H](CC(C)C)NC(=O)c1ccc2cn[nH]c2c1. The van der Waals surface area contributed by atoms with Crippen LogP contribution in [0.1, 0.15) is 30.6 Å². The minimum absolute atomic E-state index is 0.268. The van der Waals surface area contributed by atoms with Crippen LogP contribution in [-0.4, -0.2) is 35.2 Å². The van der Waals surface area contributed by atoms with Gasteiger partial charge in [0.25, 0.3) is 5.91 Å². The van der Waals surface area contributed by atoms with E-state index in [1.807, 2.05) is 19.9 Å². The van der Waals surface area contributed by atoms with E-state index in [-0.39, 0.29) is 11.8 Å². The summed E-state index contributed by atoms with van der Waals surface area (Å²) >= 11 is 0. The number of fused-ring (bicyclic) bond motifs is 1. The number of aromatic nitrogens is 2. The smallest absolute Gasteiger partial charge is 0.328 e. The Morgan fingerprint density at radius 2 is 2.14 bits per heavy atom. The molecule has 0 spiro atoms. The second-order valence-corrected chi connectivity index (χ2v) is 5.35. The van der Waals surface area contributed by atoms with Gasteiger partial charge < -0.3 is 10.1 Å². The Balaban J connectivity index is 2.15. The van der Waals surface area contributed by atoms with Crippen LogP contribution in [0.4, 0.5) is 0 Å². The molecule has 2 N–H and O–H groups in total. The third kappa shape index (κ3) is 3.59. The zero-order chi connectivity index (χ0) is 15.4. The van der Waals surface area contributed by atoms with E-state index in [0.29, 0.717) is 12.0 Å². The fraction of sp³-hybridized carbons (Fsp3) is 0.400. The minimum Gasteiger partial charge on any atom is -0.467 e. The summed E-state index contributed by atoms with van der Waals surface area (Å²) in [7, 11) is 1.32. The van der Waals surface area contributed by atoms with Crippen molar-refractivity contribution in [3.8, 4) is 0 Å². The van der Waals surface area contributed by atoms with Gasteiger partial charge in [-0.1, -0.05) is 19.9 Å². The first-order valence-corrected chi connectivity index (χ1v) is 6.83. The van der Waals surface area contributed by atoms with Crippen LogP contribution in [0.2, 0.25) is 0 Å². The number of rotatable bonds is 5. The van der Waals surface area contributed by atoms with Crippen LogP contribution in [-0.2, 0) is 9.53 Å². The van der Waals surface area contributed by atoms with E-state index in [2.05, 4.69) is 15.5 Å². The number of amides is 1. The summed E-state index contributed by atoms with van der Waals surface area (Å²) in [6, 6.07) is 4.58. The Hall–Kier alpha value is -2.37. The molecule has 1 amide bonds. The molecule has 0 aliphatic carbocycles. The normalized spacial score (nSPS) is 12.4. The molecular weight excluding hydrogens is 270 g/mol. The molecule has 112 valence electrons. The molecule has 0 saturated carbocycles. The number of aromatic amines is 1. The van der Waals surface area contributed by atoms with Crippen LogP contribution in [0, 0.1) is 5.92 Å². The molecule has 0 unspecified atom stereocenters. The summed E-state index contributed by atoms with van der Waals surface area (Å²) < 4.78 is 4.74. The number of H-pyrrole nitrogens is 1. The number of ether oxygens (including phenoxy) is 1. The zero-order valence-electron chi connectivity index (χ0n) is 12.3.